The molecule has 1 aliphatic heterocycles. The Morgan fingerprint density at radius 3 is 2.06 bits per heavy atom. The lowest BCUT2D eigenvalue weighted by atomic mass is 9.83. The van der Waals surface area contributed by atoms with E-state index in [1.807, 2.05) is 20.8 Å². The summed E-state index contributed by atoms with van der Waals surface area (Å²) in [6.45, 7) is 19.3. The quantitative estimate of drug-likeness (QED) is 0.602. The molecular weight excluding hydrogens is 386 g/mol. The van der Waals surface area contributed by atoms with Crippen LogP contribution in [0.2, 0.25) is 0 Å². The average molecular weight is 424 g/mol. The van der Waals surface area contributed by atoms with Crippen LogP contribution in [0.15, 0.2) is 24.3 Å². The number of nitrogens with zero attached hydrogens (tertiary/aromatic N) is 1. The average Bonchev–Trinajstić information content (AvgIpc) is 3.06. The summed E-state index contributed by atoms with van der Waals surface area (Å²) < 4.78 is 6.15. The lowest BCUT2D eigenvalue weighted by molar-refractivity contribution is -0.160. The third-order valence-corrected chi connectivity index (χ3v) is 6.00. The summed E-state index contributed by atoms with van der Waals surface area (Å²) in [7, 11) is 0. The van der Waals surface area contributed by atoms with Gasteiger partial charge in [-0.3, -0.25) is 4.90 Å². The molecule has 0 radical (unpaired) electrons. The minimum Gasteiger partial charge on any atom is -0.479 e. The molecule has 1 N–H and O–H groups in total. The standard InChI is InChI=1S/C27H37NO3/c1-16(2)13-28-14-21-18(4)23(20-11-9-17(3)10-12-20)24(19(5)22(21)15-28)25(26(29)30)31-27(6,7)8/h9-12,16,25H,13-15H2,1-8H3,(H,29,30)/t25-/m0/s1. The van der Waals surface area contributed by atoms with Crippen molar-refractivity contribution in [2.75, 3.05) is 6.54 Å². The lowest BCUT2D eigenvalue weighted by Crippen LogP contribution is -2.28. The van der Waals surface area contributed by atoms with E-state index in [2.05, 4.69) is 63.8 Å². The molecule has 0 saturated heterocycles. The maximum absolute atomic E-state index is 12.5. The first-order valence-electron chi connectivity index (χ1n) is 11.2. The topological polar surface area (TPSA) is 49.8 Å². The number of hydrogen-bond donors (Lipinski definition) is 1. The van der Waals surface area contributed by atoms with Crippen molar-refractivity contribution in [3.05, 3.63) is 57.6 Å². The van der Waals surface area contributed by atoms with Crippen LogP contribution in [0, 0.1) is 26.7 Å². The molecule has 3 rings (SSSR count). The molecule has 0 fully saturated rings. The van der Waals surface area contributed by atoms with Gasteiger partial charge in [-0.25, -0.2) is 4.79 Å². The number of carbonyl (C=O) groups is 1. The Labute approximate surface area is 187 Å². The summed E-state index contributed by atoms with van der Waals surface area (Å²) in [6.07, 6.45) is -1.01. The molecule has 0 saturated carbocycles. The minimum atomic E-state index is -1.01. The molecule has 168 valence electrons. The fourth-order valence-electron chi connectivity index (χ4n) is 4.74. The second kappa shape index (κ2) is 8.76. The number of rotatable bonds is 6. The van der Waals surface area contributed by atoms with Gasteiger partial charge in [0.25, 0.3) is 0 Å². The van der Waals surface area contributed by atoms with E-state index in [1.165, 1.54) is 22.3 Å². The highest BCUT2D eigenvalue weighted by molar-refractivity contribution is 5.84. The first kappa shape index (κ1) is 23.5. The molecule has 1 aliphatic rings. The van der Waals surface area contributed by atoms with Gasteiger partial charge in [0.2, 0.25) is 0 Å². The monoisotopic (exact) mass is 423 g/mol. The first-order chi connectivity index (χ1) is 14.4. The van der Waals surface area contributed by atoms with Crippen molar-refractivity contribution < 1.29 is 14.6 Å². The Morgan fingerprint density at radius 2 is 1.58 bits per heavy atom. The molecule has 1 heterocycles. The van der Waals surface area contributed by atoms with Gasteiger partial charge in [-0.05, 0) is 80.8 Å². The first-order valence-corrected chi connectivity index (χ1v) is 11.2. The fourth-order valence-corrected chi connectivity index (χ4v) is 4.74. The molecule has 0 aliphatic carbocycles. The smallest absolute Gasteiger partial charge is 0.337 e. The molecule has 2 aromatic rings. The van der Waals surface area contributed by atoms with Crippen molar-refractivity contribution in [1.82, 2.24) is 4.90 Å². The molecule has 0 bridgehead atoms. The Hall–Kier alpha value is -2.17. The Morgan fingerprint density at radius 1 is 1.03 bits per heavy atom. The van der Waals surface area contributed by atoms with E-state index in [-0.39, 0.29) is 0 Å². The van der Waals surface area contributed by atoms with Gasteiger partial charge in [0.15, 0.2) is 6.10 Å². The van der Waals surface area contributed by atoms with Gasteiger partial charge in [-0.1, -0.05) is 43.7 Å². The second-order valence-electron chi connectivity index (χ2n) is 10.4. The van der Waals surface area contributed by atoms with Crippen LogP contribution in [-0.4, -0.2) is 28.1 Å². The summed E-state index contributed by atoms with van der Waals surface area (Å²) in [5.41, 5.74) is 8.32. The number of aliphatic carboxylic acids is 1. The van der Waals surface area contributed by atoms with Gasteiger partial charge in [-0.2, -0.15) is 0 Å². The van der Waals surface area contributed by atoms with Crippen molar-refractivity contribution in [3.63, 3.8) is 0 Å². The van der Waals surface area contributed by atoms with Crippen LogP contribution in [0.5, 0.6) is 0 Å². The summed E-state index contributed by atoms with van der Waals surface area (Å²) in [6, 6.07) is 8.38. The minimum absolute atomic E-state index is 0.573. The van der Waals surface area contributed by atoms with Crippen molar-refractivity contribution >= 4 is 5.97 Å². The van der Waals surface area contributed by atoms with Crippen LogP contribution in [-0.2, 0) is 22.6 Å². The summed E-state index contributed by atoms with van der Waals surface area (Å²) >= 11 is 0. The van der Waals surface area contributed by atoms with Crippen molar-refractivity contribution in [2.24, 2.45) is 5.92 Å². The SMILES string of the molecule is Cc1ccc(-c2c(C)c3c(c(C)c2[C@H](OC(C)(C)C)C(=O)O)CN(CC(C)C)C3)cc1. The normalized spacial score (nSPS) is 15.4. The van der Waals surface area contributed by atoms with Crippen LogP contribution >= 0.6 is 0 Å². The van der Waals surface area contributed by atoms with E-state index in [4.69, 9.17) is 4.74 Å². The molecule has 4 nitrogen and oxygen atoms in total. The second-order valence-corrected chi connectivity index (χ2v) is 10.4. The number of carboxylic acids is 1. The van der Waals surface area contributed by atoms with Gasteiger partial charge < -0.3 is 9.84 Å². The molecular formula is C27H37NO3. The third-order valence-electron chi connectivity index (χ3n) is 6.00. The Bertz CT molecular complexity index is 968. The number of ether oxygens (including phenoxy) is 1. The molecule has 31 heavy (non-hydrogen) atoms. The van der Waals surface area contributed by atoms with E-state index < -0.39 is 17.7 Å². The Balaban J connectivity index is 2.27. The zero-order chi connectivity index (χ0) is 23.1. The predicted molar refractivity (Wildman–Crippen MR) is 126 cm³/mol. The van der Waals surface area contributed by atoms with Crippen molar-refractivity contribution in [1.29, 1.82) is 0 Å². The molecule has 0 aromatic heterocycles. The number of aryl methyl sites for hydroxylation is 1. The maximum atomic E-state index is 12.5. The number of benzene rings is 2. The summed E-state index contributed by atoms with van der Waals surface area (Å²) in [4.78, 5) is 14.9. The van der Waals surface area contributed by atoms with Crippen LogP contribution in [0.1, 0.15) is 74.1 Å². The number of fused-ring (bicyclic) bond motifs is 1. The van der Waals surface area contributed by atoms with Gasteiger partial charge >= 0.3 is 5.97 Å². The highest BCUT2D eigenvalue weighted by atomic mass is 16.5. The predicted octanol–water partition coefficient (Wildman–Crippen LogP) is 6.19. The van der Waals surface area contributed by atoms with Gasteiger partial charge in [0, 0.05) is 25.2 Å². The number of hydrogen-bond acceptors (Lipinski definition) is 3. The van der Waals surface area contributed by atoms with E-state index in [9.17, 15) is 9.90 Å². The van der Waals surface area contributed by atoms with E-state index in [1.54, 1.807) is 0 Å². The molecule has 4 heteroatoms. The van der Waals surface area contributed by atoms with Crippen LogP contribution in [0.4, 0.5) is 0 Å². The van der Waals surface area contributed by atoms with Crippen LogP contribution in [0.3, 0.4) is 0 Å². The third kappa shape index (κ3) is 5.02. The van der Waals surface area contributed by atoms with Crippen LogP contribution < -0.4 is 0 Å². The summed E-state index contributed by atoms with van der Waals surface area (Å²) in [5.74, 6) is -0.357. The maximum Gasteiger partial charge on any atom is 0.337 e. The molecule has 1 atom stereocenters. The number of carboxylic acid groups (broad SMARTS) is 1. The molecule has 0 spiro atoms. The van der Waals surface area contributed by atoms with E-state index >= 15 is 0 Å². The molecule has 0 amide bonds. The lowest BCUT2D eigenvalue weighted by Gasteiger charge is -2.30. The summed E-state index contributed by atoms with van der Waals surface area (Å²) in [5, 5.41) is 10.2. The van der Waals surface area contributed by atoms with Gasteiger partial charge in [-0.15, -0.1) is 0 Å². The van der Waals surface area contributed by atoms with Gasteiger partial charge in [0.05, 0.1) is 5.60 Å². The highest BCUT2D eigenvalue weighted by Crippen LogP contribution is 2.43. The van der Waals surface area contributed by atoms with E-state index in [0.29, 0.717) is 5.92 Å². The van der Waals surface area contributed by atoms with Crippen LogP contribution in [0.25, 0.3) is 11.1 Å². The molecule has 2 aromatic carbocycles. The highest BCUT2D eigenvalue weighted by Gasteiger charge is 2.35. The van der Waals surface area contributed by atoms with Crippen molar-refractivity contribution in [3.8, 4) is 11.1 Å². The van der Waals surface area contributed by atoms with Gasteiger partial charge in [0.1, 0.15) is 0 Å². The fraction of sp³-hybridized carbons (Fsp3) is 0.519. The van der Waals surface area contributed by atoms with E-state index in [0.717, 1.165) is 41.9 Å². The van der Waals surface area contributed by atoms with Crippen molar-refractivity contribution in [2.45, 2.75) is 80.2 Å². The Kier molecular flexibility index (Phi) is 6.64. The molecule has 0 unspecified atom stereocenters. The largest absolute Gasteiger partial charge is 0.479 e. The zero-order valence-electron chi connectivity index (χ0n) is 20.3. The zero-order valence-corrected chi connectivity index (χ0v) is 20.3.